The van der Waals surface area contributed by atoms with E-state index in [1.54, 1.807) is 0 Å². The molecule has 6 nitrogen and oxygen atoms in total. The molecule has 1 aliphatic rings. The molecule has 0 spiro atoms. The second-order valence-corrected chi connectivity index (χ2v) is 8.91. The molecule has 0 unspecified atom stereocenters. The highest BCUT2D eigenvalue weighted by Crippen LogP contribution is 2.39. The lowest BCUT2D eigenvalue weighted by Crippen LogP contribution is -2.41. The molecule has 2 N–H and O–H groups in total. The molecule has 0 saturated heterocycles. The highest BCUT2D eigenvalue weighted by Gasteiger charge is 2.38. The summed E-state index contributed by atoms with van der Waals surface area (Å²) in [5.41, 5.74) is 8.55. The Labute approximate surface area is 191 Å². The summed E-state index contributed by atoms with van der Waals surface area (Å²) in [6.07, 6.45) is 0. The molecular weight excluding hydrogens is 418 g/mol. The van der Waals surface area contributed by atoms with E-state index in [0.717, 1.165) is 33.8 Å². The van der Waals surface area contributed by atoms with Crippen molar-refractivity contribution in [1.29, 1.82) is 0 Å². The molecule has 0 fully saturated rings. The van der Waals surface area contributed by atoms with Crippen molar-refractivity contribution >= 4 is 23.4 Å². The summed E-state index contributed by atoms with van der Waals surface area (Å²) >= 11 is 1.43. The number of fused-ring (bicyclic) bond motifs is 1. The maximum Gasteiger partial charge on any atom is 0.240 e. The van der Waals surface area contributed by atoms with E-state index in [1.807, 2.05) is 97.4 Å². The number of amides is 1. The van der Waals surface area contributed by atoms with Crippen molar-refractivity contribution in [3.05, 3.63) is 95.6 Å². The predicted molar refractivity (Wildman–Crippen MR) is 128 cm³/mol. The van der Waals surface area contributed by atoms with Gasteiger partial charge in [-0.05, 0) is 36.6 Å². The summed E-state index contributed by atoms with van der Waals surface area (Å²) in [5, 5.41) is 12.1. The largest absolute Gasteiger partial charge is 0.325 e. The molecule has 0 bridgehead atoms. The van der Waals surface area contributed by atoms with Gasteiger partial charge in [-0.15, -0.1) is 10.2 Å². The summed E-state index contributed by atoms with van der Waals surface area (Å²) in [7, 11) is 0. The number of hydrogen-bond donors (Lipinski definition) is 2. The molecule has 2 heterocycles. The SMILES string of the molecule is Cc1cccc(NC(=O)[C@H]2Sc3nnc(-c4ccccc4)n3N[C@@H]2c2ccccc2)c1C. The molecule has 1 amide bonds. The van der Waals surface area contributed by atoms with Crippen LogP contribution in [0.15, 0.2) is 84.0 Å². The third-order valence-electron chi connectivity index (χ3n) is 5.75. The van der Waals surface area contributed by atoms with Crippen LogP contribution in [0.2, 0.25) is 0 Å². The standard InChI is InChI=1S/C25H23N5OS/c1-16-10-9-15-20(17(16)2)26-24(31)22-21(18-11-5-3-6-12-18)29-30-23(27-28-25(30)32-22)19-13-7-4-8-14-19/h3-15,21-22,29H,1-2H3,(H,26,31)/t21-,22+/m1/s1. The van der Waals surface area contributed by atoms with Gasteiger partial charge in [-0.25, -0.2) is 4.68 Å². The molecule has 0 saturated carbocycles. The van der Waals surface area contributed by atoms with E-state index in [2.05, 4.69) is 20.9 Å². The van der Waals surface area contributed by atoms with Crippen molar-refractivity contribution in [2.45, 2.75) is 30.3 Å². The molecule has 0 aliphatic carbocycles. The first kappa shape index (κ1) is 20.3. The third kappa shape index (κ3) is 3.76. The van der Waals surface area contributed by atoms with Crippen molar-refractivity contribution in [1.82, 2.24) is 14.9 Å². The molecular formula is C25H23N5OS. The molecule has 4 aromatic rings. The number of hydrogen-bond acceptors (Lipinski definition) is 5. The van der Waals surface area contributed by atoms with Crippen LogP contribution in [0.1, 0.15) is 22.7 Å². The van der Waals surface area contributed by atoms with Crippen LogP contribution in [-0.2, 0) is 4.79 Å². The van der Waals surface area contributed by atoms with Gasteiger partial charge in [0, 0.05) is 11.3 Å². The number of carbonyl (C=O) groups excluding carboxylic acids is 1. The molecule has 1 aromatic heterocycles. The maximum absolute atomic E-state index is 13.5. The average molecular weight is 442 g/mol. The smallest absolute Gasteiger partial charge is 0.240 e. The molecule has 2 atom stereocenters. The van der Waals surface area contributed by atoms with E-state index >= 15 is 0 Å². The maximum atomic E-state index is 13.5. The first-order chi connectivity index (χ1) is 15.6. The summed E-state index contributed by atoms with van der Waals surface area (Å²) in [6.45, 7) is 4.07. The molecule has 5 rings (SSSR count). The number of benzene rings is 3. The highest BCUT2D eigenvalue weighted by atomic mass is 32.2. The minimum Gasteiger partial charge on any atom is -0.325 e. The number of rotatable bonds is 4. The van der Waals surface area contributed by atoms with Gasteiger partial charge < -0.3 is 10.7 Å². The fourth-order valence-electron chi connectivity index (χ4n) is 3.83. The number of aromatic nitrogens is 3. The van der Waals surface area contributed by atoms with E-state index < -0.39 is 5.25 Å². The summed E-state index contributed by atoms with van der Waals surface area (Å²) in [6, 6.07) is 25.6. The Kier molecular flexibility index (Phi) is 5.41. The van der Waals surface area contributed by atoms with Gasteiger partial charge in [-0.2, -0.15) is 0 Å². The second-order valence-electron chi connectivity index (χ2n) is 7.80. The van der Waals surface area contributed by atoms with Gasteiger partial charge in [-0.3, -0.25) is 4.79 Å². The van der Waals surface area contributed by atoms with Crippen molar-refractivity contribution in [2.75, 3.05) is 10.7 Å². The minimum absolute atomic E-state index is 0.0689. The Balaban J connectivity index is 1.51. The van der Waals surface area contributed by atoms with Gasteiger partial charge in [0.1, 0.15) is 5.25 Å². The van der Waals surface area contributed by atoms with Gasteiger partial charge in [0.05, 0.1) is 6.04 Å². The molecule has 0 radical (unpaired) electrons. The van der Waals surface area contributed by atoms with Crippen LogP contribution in [0.4, 0.5) is 5.69 Å². The van der Waals surface area contributed by atoms with Crippen LogP contribution in [-0.4, -0.2) is 26.0 Å². The van der Waals surface area contributed by atoms with E-state index in [1.165, 1.54) is 11.8 Å². The van der Waals surface area contributed by atoms with Crippen molar-refractivity contribution in [3.63, 3.8) is 0 Å². The van der Waals surface area contributed by atoms with Gasteiger partial charge in [0.2, 0.25) is 11.1 Å². The van der Waals surface area contributed by atoms with E-state index in [4.69, 9.17) is 0 Å². The third-order valence-corrected chi connectivity index (χ3v) is 6.96. The second kappa shape index (κ2) is 8.51. The lowest BCUT2D eigenvalue weighted by molar-refractivity contribution is -0.116. The minimum atomic E-state index is -0.419. The zero-order valence-corrected chi connectivity index (χ0v) is 18.6. The lowest BCUT2D eigenvalue weighted by Gasteiger charge is -2.33. The van der Waals surface area contributed by atoms with E-state index in [9.17, 15) is 4.79 Å². The number of nitrogens with one attached hydrogen (secondary N) is 2. The molecule has 1 aliphatic heterocycles. The van der Waals surface area contributed by atoms with Crippen LogP contribution in [0.3, 0.4) is 0 Å². The monoisotopic (exact) mass is 441 g/mol. The number of nitrogens with zero attached hydrogens (tertiary/aromatic N) is 3. The Morgan fingerprint density at radius 1 is 0.938 bits per heavy atom. The number of anilines is 1. The summed E-state index contributed by atoms with van der Waals surface area (Å²) in [4.78, 5) is 13.5. The fourth-order valence-corrected chi connectivity index (χ4v) is 4.91. The summed E-state index contributed by atoms with van der Waals surface area (Å²) < 4.78 is 1.89. The average Bonchev–Trinajstić information content (AvgIpc) is 3.25. The Morgan fingerprint density at radius 2 is 1.66 bits per heavy atom. The normalized spacial score (nSPS) is 17.3. The zero-order valence-electron chi connectivity index (χ0n) is 17.8. The molecule has 3 aromatic carbocycles. The summed E-state index contributed by atoms with van der Waals surface area (Å²) in [5.74, 6) is 0.656. The molecule has 7 heteroatoms. The van der Waals surface area contributed by atoms with Gasteiger partial charge in [-0.1, -0.05) is 84.6 Å². The molecule has 32 heavy (non-hydrogen) atoms. The number of thioether (sulfide) groups is 1. The fraction of sp³-hybridized carbons (Fsp3) is 0.160. The zero-order chi connectivity index (χ0) is 22.1. The Bertz CT molecular complexity index is 1260. The quantitative estimate of drug-likeness (QED) is 0.468. The van der Waals surface area contributed by atoms with Crippen molar-refractivity contribution in [2.24, 2.45) is 0 Å². The van der Waals surface area contributed by atoms with E-state index in [-0.39, 0.29) is 11.9 Å². The van der Waals surface area contributed by atoms with Crippen molar-refractivity contribution < 1.29 is 4.79 Å². The van der Waals surface area contributed by atoms with Gasteiger partial charge in [0.25, 0.3) is 0 Å². The predicted octanol–water partition coefficient (Wildman–Crippen LogP) is 4.96. The number of aryl methyl sites for hydroxylation is 1. The highest BCUT2D eigenvalue weighted by molar-refractivity contribution is 8.00. The van der Waals surface area contributed by atoms with Crippen LogP contribution in [0, 0.1) is 13.8 Å². The Morgan fingerprint density at radius 3 is 2.41 bits per heavy atom. The van der Waals surface area contributed by atoms with Crippen LogP contribution in [0.5, 0.6) is 0 Å². The van der Waals surface area contributed by atoms with Gasteiger partial charge in [0.15, 0.2) is 5.82 Å². The first-order valence-electron chi connectivity index (χ1n) is 10.5. The molecule has 160 valence electrons. The van der Waals surface area contributed by atoms with Crippen LogP contribution in [0.25, 0.3) is 11.4 Å². The van der Waals surface area contributed by atoms with Crippen LogP contribution >= 0.6 is 11.8 Å². The first-order valence-corrected chi connectivity index (χ1v) is 11.4. The van der Waals surface area contributed by atoms with E-state index in [0.29, 0.717) is 5.16 Å². The van der Waals surface area contributed by atoms with Crippen LogP contribution < -0.4 is 10.7 Å². The lowest BCUT2D eigenvalue weighted by atomic mass is 10.0. The van der Waals surface area contributed by atoms with Crippen molar-refractivity contribution in [3.8, 4) is 11.4 Å². The Hall–Kier alpha value is -3.58. The topological polar surface area (TPSA) is 71.8 Å². The van der Waals surface area contributed by atoms with Gasteiger partial charge >= 0.3 is 0 Å². The number of carbonyl (C=O) groups is 1.